The molecule has 0 aliphatic carbocycles. The van der Waals surface area contributed by atoms with Crippen LogP contribution in [0.4, 0.5) is 16.2 Å². The Labute approximate surface area is 265 Å². The van der Waals surface area contributed by atoms with Crippen LogP contribution >= 0.6 is 15.9 Å². The molecule has 228 valence electrons. The summed E-state index contributed by atoms with van der Waals surface area (Å²) >= 11 is 3.49. The first-order chi connectivity index (χ1) is 20.9. The lowest BCUT2D eigenvalue weighted by Crippen LogP contribution is -2.53. The highest BCUT2D eigenvalue weighted by Crippen LogP contribution is 2.31. The molecule has 2 atom stereocenters. The maximum absolute atomic E-state index is 13.8. The second kappa shape index (κ2) is 15.8. The Balaban J connectivity index is 1.53. The molecule has 4 rings (SSSR count). The van der Waals surface area contributed by atoms with Crippen molar-refractivity contribution in [2.45, 2.75) is 52.5 Å². The number of hydrogen-bond acceptors (Lipinski definition) is 4. The van der Waals surface area contributed by atoms with Crippen LogP contribution in [0.2, 0.25) is 0 Å². The first-order valence-electron chi connectivity index (χ1n) is 15.5. The van der Waals surface area contributed by atoms with Gasteiger partial charge in [0.1, 0.15) is 6.29 Å². The molecule has 1 aliphatic rings. The molecule has 0 bridgehead atoms. The molecule has 6 nitrogen and oxygen atoms in total. The Morgan fingerprint density at radius 2 is 1.77 bits per heavy atom. The number of benzene rings is 3. The molecule has 0 aromatic heterocycles. The van der Waals surface area contributed by atoms with E-state index in [-0.39, 0.29) is 11.9 Å². The minimum absolute atomic E-state index is 0.0384. The highest BCUT2D eigenvalue weighted by molar-refractivity contribution is 9.10. The van der Waals surface area contributed by atoms with Crippen molar-refractivity contribution in [3.63, 3.8) is 0 Å². The lowest BCUT2D eigenvalue weighted by molar-refractivity contribution is -0.108. The van der Waals surface area contributed by atoms with Crippen molar-refractivity contribution in [2.75, 3.05) is 42.9 Å². The van der Waals surface area contributed by atoms with E-state index in [9.17, 15) is 9.59 Å². The molecule has 3 aromatic rings. The van der Waals surface area contributed by atoms with E-state index in [2.05, 4.69) is 89.9 Å². The quantitative estimate of drug-likeness (QED) is 0.169. The number of amides is 2. The van der Waals surface area contributed by atoms with Gasteiger partial charge in [0.25, 0.3) is 0 Å². The van der Waals surface area contributed by atoms with E-state index in [0.29, 0.717) is 32.0 Å². The number of hydrogen-bond donors (Lipinski definition) is 1. The second-order valence-electron chi connectivity index (χ2n) is 11.4. The summed E-state index contributed by atoms with van der Waals surface area (Å²) < 4.78 is 0.960. The van der Waals surface area contributed by atoms with Crippen LogP contribution in [-0.2, 0) is 11.3 Å². The summed E-state index contributed by atoms with van der Waals surface area (Å²) in [6.07, 6.45) is 3.41. The first kappa shape index (κ1) is 32.3. The number of halogens is 1. The maximum atomic E-state index is 13.8. The summed E-state index contributed by atoms with van der Waals surface area (Å²) in [5.74, 6) is 0.459. The summed E-state index contributed by atoms with van der Waals surface area (Å²) in [5, 5.41) is 3.51. The van der Waals surface area contributed by atoms with Gasteiger partial charge in [-0.1, -0.05) is 78.8 Å². The van der Waals surface area contributed by atoms with Crippen molar-refractivity contribution >= 4 is 45.3 Å². The Hall–Kier alpha value is -3.58. The van der Waals surface area contributed by atoms with E-state index in [0.717, 1.165) is 65.7 Å². The normalized spacial score (nSPS) is 15.7. The van der Waals surface area contributed by atoms with Gasteiger partial charge < -0.3 is 19.9 Å². The molecule has 0 spiro atoms. The van der Waals surface area contributed by atoms with Crippen molar-refractivity contribution in [3.05, 3.63) is 101 Å². The molecule has 1 aliphatic heterocycles. The van der Waals surface area contributed by atoms with Crippen molar-refractivity contribution in [1.29, 1.82) is 0 Å². The number of nitrogens with zero attached hydrogens (tertiary/aromatic N) is 3. The van der Waals surface area contributed by atoms with E-state index in [4.69, 9.17) is 0 Å². The van der Waals surface area contributed by atoms with Crippen LogP contribution in [0, 0.1) is 5.92 Å². The van der Waals surface area contributed by atoms with Crippen molar-refractivity contribution in [1.82, 2.24) is 9.80 Å². The van der Waals surface area contributed by atoms with Crippen molar-refractivity contribution < 1.29 is 9.59 Å². The minimum atomic E-state index is -0.0384. The number of rotatable bonds is 15. The van der Waals surface area contributed by atoms with Gasteiger partial charge in [-0.25, -0.2) is 4.79 Å². The Kier molecular flexibility index (Phi) is 11.9. The van der Waals surface area contributed by atoms with Crippen LogP contribution in [0.3, 0.4) is 0 Å². The fourth-order valence-electron chi connectivity index (χ4n) is 5.96. The van der Waals surface area contributed by atoms with Crippen LogP contribution in [0.25, 0.3) is 5.70 Å². The van der Waals surface area contributed by atoms with Crippen LogP contribution in [0.5, 0.6) is 0 Å². The molecule has 1 N–H and O–H groups in total. The van der Waals surface area contributed by atoms with Gasteiger partial charge in [-0.15, -0.1) is 0 Å². The highest BCUT2D eigenvalue weighted by Gasteiger charge is 2.33. The third kappa shape index (κ3) is 8.29. The van der Waals surface area contributed by atoms with Crippen molar-refractivity contribution in [3.8, 4) is 0 Å². The molecule has 1 heterocycles. The van der Waals surface area contributed by atoms with Gasteiger partial charge in [-0.05, 0) is 67.1 Å². The lowest BCUT2D eigenvalue weighted by atomic mass is 9.95. The number of carbonyl (C=O) groups is 2. The Morgan fingerprint density at radius 1 is 1.05 bits per heavy atom. The molecule has 2 amide bonds. The minimum Gasteiger partial charge on any atom is -0.385 e. The molecular formula is C36H45BrN4O2. The topological polar surface area (TPSA) is 55.9 Å². The molecule has 0 radical (unpaired) electrons. The summed E-state index contributed by atoms with van der Waals surface area (Å²) in [4.78, 5) is 31.4. The summed E-state index contributed by atoms with van der Waals surface area (Å²) in [7, 11) is 0. The van der Waals surface area contributed by atoms with Gasteiger partial charge in [0.05, 0.1) is 0 Å². The van der Waals surface area contributed by atoms with Crippen LogP contribution in [0.15, 0.2) is 83.8 Å². The van der Waals surface area contributed by atoms with Gasteiger partial charge in [-0.2, -0.15) is 0 Å². The fraction of sp³-hybridized carbons (Fsp3) is 0.389. The van der Waals surface area contributed by atoms with Crippen LogP contribution in [-0.4, -0.2) is 54.8 Å². The van der Waals surface area contributed by atoms with E-state index >= 15 is 0 Å². The number of aldehydes is 1. The highest BCUT2D eigenvalue weighted by atomic mass is 79.9. The molecule has 43 heavy (non-hydrogen) atoms. The van der Waals surface area contributed by atoms with E-state index in [1.54, 1.807) is 4.90 Å². The van der Waals surface area contributed by atoms with E-state index < -0.39 is 0 Å². The van der Waals surface area contributed by atoms with Gasteiger partial charge in [0, 0.05) is 78.7 Å². The molecule has 1 saturated heterocycles. The molecule has 7 heteroatoms. The molecule has 1 fully saturated rings. The van der Waals surface area contributed by atoms with Crippen LogP contribution < -0.4 is 10.2 Å². The molecular weight excluding hydrogens is 600 g/mol. The molecule has 3 aromatic carbocycles. The number of anilines is 2. The lowest BCUT2D eigenvalue weighted by Gasteiger charge is -2.40. The second-order valence-corrected chi connectivity index (χ2v) is 12.3. The SMILES string of the molecule is C=C(c1ccccc1CN1CC(CC=O)CN(c2ccc(Br)cc2)C1=O)N(CCC)CCC(C)c1ccccc1NCC. The zero-order chi connectivity index (χ0) is 30.8. The predicted molar refractivity (Wildman–Crippen MR) is 182 cm³/mol. The Bertz CT molecular complexity index is 1380. The summed E-state index contributed by atoms with van der Waals surface area (Å²) in [6.45, 7) is 15.5. The molecule has 2 unspecified atom stereocenters. The smallest absolute Gasteiger partial charge is 0.324 e. The van der Waals surface area contributed by atoms with Gasteiger partial charge in [0.15, 0.2) is 0 Å². The standard InChI is InChI=1S/C36H45BrN4O2/c1-5-21-39(22-19-27(3)33-12-9-10-14-35(33)38-6-2)28(4)34-13-8-7-11-30(34)26-40-24-29(20-23-42)25-41(36(40)43)32-17-15-31(37)16-18-32/h7-18,23,27,29,38H,4-6,19-22,24-26H2,1-3H3. The zero-order valence-corrected chi connectivity index (χ0v) is 27.4. The van der Waals surface area contributed by atoms with E-state index in [1.165, 1.54) is 11.3 Å². The number of carbonyl (C=O) groups excluding carboxylic acids is 2. The number of urea groups is 1. The summed E-state index contributed by atoms with van der Waals surface area (Å²) in [5.41, 5.74) is 6.51. The van der Waals surface area contributed by atoms with Crippen LogP contribution in [0.1, 0.15) is 62.6 Å². The monoisotopic (exact) mass is 644 g/mol. The average Bonchev–Trinajstić information content (AvgIpc) is 3.01. The number of para-hydroxylation sites is 1. The third-order valence-electron chi connectivity index (χ3n) is 8.24. The van der Waals surface area contributed by atoms with E-state index in [1.807, 2.05) is 41.3 Å². The Morgan fingerprint density at radius 3 is 2.49 bits per heavy atom. The average molecular weight is 646 g/mol. The third-order valence-corrected chi connectivity index (χ3v) is 8.77. The summed E-state index contributed by atoms with van der Waals surface area (Å²) in [6, 6.07) is 24.6. The maximum Gasteiger partial charge on any atom is 0.324 e. The largest absolute Gasteiger partial charge is 0.385 e. The fourth-order valence-corrected chi connectivity index (χ4v) is 6.22. The van der Waals surface area contributed by atoms with Crippen molar-refractivity contribution in [2.24, 2.45) is 5.92 Å². The zero-order valence-electron chi connectivity index (χ0n) is 25.8. The first-order valence-corrected chi connectivity index (χ1v) is 16.3. The van der Waals surface area contributed by atoms with Gasteiger partial charge >= 0.3 is 6.03 Å². The predicted octanol–water partition coefficient (Wildman–Crippen LogP) is 8.40. The number of nitrogens with one attached hydrogen (secondary N) is 1. The molecule has 0 saturated carbocycles. The van der Waals surface area contributed by atoms with Gasteiger partial charge in [-0.3, -0.25) is 4.90 Å². The van der Waals surface area contributed by atoms with Gasteiger partial charge in [0.2, 0.25) is 0 Å².